The van der Waals surface area contributed by atoms with E-state index >= 15 is 0 Å². The average molecular weight is 243 g/mol. The van der Waals surface area contributed by atoms with Crippen molar-refractivity contribution in [1.82, 2.24) is 0 Å². The largest absolute Gasteiger partial charge is 0.508 e. The molecule has 8 nitrogen and oxygen atoms in total. The summed E-state index contributed by atoms with van der Waals surface area (Å²) in [6, 6.07) is 2.72. The monoisotopic (exact) mass is 243 g/mol. The third kappa shape index (κ3) is 2.68. The molecule has 2 atom stereocenters. The van der Waals surface area contributed by atoms with Crippen LogP contribution >= 0.6 is 0 Å². The number of nitro groups is 1. The fourth-order valence-corrected chi connectivity index (χ4v) is 1.20. The van der Waals surface area contributed by atoms with Gasteiger partial charge in [0.2, 0.25) is 0 Å². The molecular weight excluding hydrogens is 234 g/mol. The van der Waals surface area contributed by atoms with Crippen LogP contribution < -0.4 is 0 Å². The molecule has 0 fully saturated rings. The Labute approximate surface area is 94.5 Å². The molecule has 0 bridgehead atoms. The van der Waals surface area contributed by atoms with E-state index in [2.05, 4.69) is 0 Å². The fraction of sp³-hybridized carbons (Fsp3) is 0.222. The van der Waals surface area contributed by atoms with Gasteiger partial charge in [-0.3, -0.25) is 10.1 Å². The maximum Gasteiger partial charge on any atom is 0.335 e. The highest BCUT2D eigenvalue weighted by atomic mass is 16.6. The lowest BCUT2D eigenvalue weighted by atomic mass is 10.0. The molecule has 92 valence electrons. The highest BCUT2D eigenvalue weighted by molar-refractivity contribution is 5.73. The van der Waals surface area contributed by atoms with Crippen LogP contribution in [0.15, 0.2) is 18.2 Å². The second-order valence-electron chi connectivity index (χ2n) is 3.23. The Balaban J connectivity index is 3.16. The molecule has 17 heavy (non-hydrogen) atoms. The number of aliphatic hydroxyl groups excluding tert-OH is 2. The summed E-state index contributed by atoms with van der Waals surface area (Å²) in [5, 5.41) is 46.7. The van der Waals surface area contributed by atoms with Gasteiger partial charge in [-0.25, -0.2) is 4.79 Å². The number of carboxylic acids is 1. The number of aliphatic hydroxyl groups is 2. The van der Waals surface area contributed by atoms with Crippen LogP contribution in [0.5, 0.6) is 5.75 Å². The van der Waals surface area contributed by atoms with Crippen molar-refractivity contribution in [2.75, 3.05) is 0 Å². The highest BCUT2D eigenvalue weighted by Gasteiger charge is 2.28. The Morgan fingerprint density at radius 3 is 2.41 bits per heavy atom. The summed E-state index contributed by atoms with van der Waals surface area (Å²) in [5.41, 5.74) is -0.858. The molecule has 1 rings (SSSR count). The number of benzene rings is 1. The van der Waals surface area contributed by atoms with Crippen molar-refractivity contribution in [2.24, 2.45) is 0 Å². The Kier molecular flexibility index (Phi) is 3.61. The number of hydrogen-bond donors (Lipinski definition) is 4. The van der Waals surface area contributed by atoms with Crippen LogP contribution in [0, 0.1) is 10.1 Å². The normalized spacial score (nSPS) is 14.0. The molecule has 0 aliphatic heterocycles. The lowest BCUT2D eigenvalue weighted by molar-refractivity contribution is -0.385. The number of non-ortho nitro benzene ring substituents is 1. The molecule has 8 heteroatoms. The van der Waals surface area contributed by atoms with E-state index < -0.39 is 40.1 Å². The van der Waals surface area contributed by atoms with E-state index in [1.165, 1.54) is 0 Å². The predicted molar refractivity (Wildman–Crippen MR) is 53.4 cm³/mol. The van der Waals surface area contributed by atoms with Crippen molar-refractivity contribution in [3.63, 3.8) is 0 Å². The standard InChI is InChI=1S/C9H9NO7/c11-6-2-1-4(10(16)17)3-5(6)7(12)8(13)9(14)15/h1-3,7-8,11-13H,(H,14,15). The van der Waals surface area contributed by atoms with Crippen molar-refractivity contribution in [2.45, 2.75) is 12.2 Å². The van der Waals surface area contributed by atoms with Crippen LogP contribution in [-0.4, -0.2) is 37.4 Å². The zero-order valence-corrected chi connectivity index (χ0v) is 8.35. The number of nitro benzene ring substituents is 1. The van der Waals surface area contributed by atoms with E-state index in [9.17, 15) is 25.1 Å². The molecule has 0 saturated carbocycles. The first-order chi connectivity index (χ1) is 7.84. The number of aromatic hydroxyl groups is 1. The quantitative estimate of drug-likeness (QED) is 0.423. The summed E-state index contributed by atoms with van der Waals surface area (Å²) >= 11 is 0. The molecule has 0 amide bonds. The van der Waals surface area contributed by atoms with Crippen molar-refractivity contribution in [3.8, 4) is 5.75 Å². The van der Waals surface area contributed by atoms with Crippen LogP contribution in [0.1, 0.15) is 11.7 Å². The second kappa shape index (κ2) is 4.76. The predicted octanol–water partition coefficient (Wildman–Crippen LogP) is -0.221. The van der Waals surface area contributed by atoms with Gasteiger partial charge in [0.25, 0.3) is 5.69 Å². The van der Waals surface area contributed by atoms with E-state index in [0.717, 1.165) is 18.2 Å². The Bertz CT molecular complexity index is 459. The number of nitrogens with zero attached hydrogens (tertiary/aromatic N) is 1. The van der Waals surface area contributed by atoms with Gasteiger partial charge in [-0.05, 0) is 6.07 Å². The van der Waals surface area contributed by atoms with Crippen molar-refractivity contribution < 1.29 is 30.1 Å². The molecule has 4 N–H and O–H groups in total. The minimum Gasteiger partial charge on any atom is -0.508 e. The second-order valence-corrected chi connectivity index (χ2v) is 3.23. The van der Waals surface area contributed by atoms with Crippen molar-refractivity contribution >= 4 is 11.7 Å². The van der Waals surface area contributed by atoms with E-state index in [4.69, 9.17) is 10.2 Å². The molecular formula is C9H9NO7. The summed E-state index contributed by atoms with van der Waals surface area (Å²) in [7, 11) is 0. The van der Waals surface area contributed by atoms with Gasteiger partial charge in [-0.15, -0.1) is 0 Å². The van der Waals surface area contributed by atoms with Crippen molar-refractivity contribution in [1.29, 1.82) is 0 Å². The smallest absolute Gasteiger partial charge is 0.335 e. The third-order valence-corrected chi connectivity index (χ3v) is 2.09. The number of carbonyl (C=O) groups is 1. The lowest BCUT2D eigenvalue weighted by Gasteiger charge is -2.15. The van der Waals surface area contributed by atoms with Crippen LogP contribution in [0.3, 0.4) is 0 Å². The number of rotatable bonds is 4. The topological polar surface area (TPSA) is 141 Å². The number of carboxylic acid groups (broad SMARTS) is 1. The van der Waals surface area contributed by atoms with Crippen molar-refractivity contribution in [3.05, 3.63) is 33.9 Å². The van der Waals surface area contributed by atoms with Crippen LogP contribution in [0.25, 0.3) is 0 Å². The summed E-state index contributed by atoms with van der Waals surface area (Å²) in [6.07, 6.45) is -4.13. The molecule has 0 aromatic heterocycles. The van der Waals surface area contributed by atoms with Crippen LogP contribution in [-0.2, 0) is 4.79 Å². The molecule has 0 spiro atoms. The molecule has 0 heterocycles. The maximum atomic E-state index is 10.5. The number of hydrogen-bond acceptors (Lipinski definition) is 6. The summed E-state index contributed by atoms with van der Waals surface area (Å²) < 4.78 is 0. The SMILES string of the molecule is O=C(O)C(O)C(O)c1cc([N+](=O)[O-])ccc1O. The maximum absolute atomic E-state index is 10.5. The molecule has 1 aromatic carbocycles. The van der Waals surface area contributed by atoms with E-state index in [1.54, 1.807) is 0 Å². The Hall–Kier alpha value is -2.19. The van der Waals surface area contributed by atoms with Gasteiger partial charge in [0.15, 0.2) is 6.10 Å². The van der Waals surface area contributed by atoms with Gasteiger partial charge in [-0.1, -0.05) is 0 Å². The highest BCUT2D eigenvalue weighted by Crippen LogP contribution is 2.30. The van der Waals surface area contributed by atoms with Gasteiger partial charge >= 0.3 is 5.97 Å². The van der Waals surface area contributed by atoms with E-state index in [1.807, 2.05) is 0 Å². The number of phenols is 1. The van der Waals surface area contributed by atoms with Gasteiger partial charge in [0, 0.05) is 17.7 Å². The van der Waals surface area contributed by atoms with E-state index in [0.29, 0.717) is 0 Å². The summed E-state index contributed by atoms with van der Waals surface area (Å²) in [6.45, 7) is 0. The molecule has 0 radical (unpaired) electrons. The number of phenolic OH excluding ortho intramolecular Hbond substituents is 1. The minimum atomic E-state index is -2.18. The molecule has 1 aromatic rings. The summed E-state index contributed by atoms with van der Waals surface area (Å²) in [4.78, 5) is 20.1. The third-order valence-electron chi connectivity index (χ3n) is 2.09. The van der Waals surface area contributed by atoms with Crippen LogP contribution in [0.4, 0.5) is 5.69 Å². The minimum absolute atomic E-state index is 0.422. The number of aliphatic carboxylic acids is 1. The lowest BCUT2D eigenvalue weighted by Crippen LogP contribution is -2.27. The average Bonchev–Trinajstić information content (AvgIpc) is 2.27. The van der Waals surface area contributed by atoms with Gasteiger partial charge in [0.1, 0.15) is 11.9 Å². The first-order valence-electron chi connectivity index (χ1n) is 4.41. The Morgan fingerprint density at radius 2 is 1.94 bits per heavy atom. The van der Waals surface area contributed by atoms with Crippen LogP contribution in [0.2, 0.25) is 0 Å². The summed E-state index contributed by atoms with van der Waals surface area (Å²) in [5.74, 6) is -2.24. The molecule has 0 saturated heterocycles. The first-order valence-corrected chi connectivity index (χ1v) is 4.41. The first kappa shape index (κ1) is 12.9. The van der Waals surface area contributed by atoms with E-state index in [-0.39, 0.29) is 0 Å². The van der Waals surface area contributed by atoms with Gasteiger partial charge in [-0.2, -0.15) is 0 Å². The van der Waals surface area contributed by atoms with Gasteiger partial charge < -0.3 is 20.4 Å². The van der Waals surface area contributed by atoms with Gasteiger partial charge in [0.05, 0.1) is 4.92 Å². The molecule has 0 aliphatic carbocycles. The Morgan fingerprint density at radius 1 is 1.35 bits per heavy atom. The molecule has 2 unspecified atom stereocenters. The zero-order valence-electron chi connectivity index (χ0n) is 8.35. The fourth-order valence-electron chi connectivity index (χ4n) is 1.20. The molecule has 0 aliphatic rings. The zero-order chi connectivity index (χ0) is 13.2.